The molecule has 0 aliphatic heterocycles. The molecule has 8 heteroatoms. The van der Waals surface area contributed by atoms with E-state index in [0.29, 0.717) is 23.5 Å². The van der Waals surface area contributed by atoms with E-state index in [0.717, 1.165) is 22.4 Å². The van der Waals surface area contributed by atoms with Crippen LogP contribution in [-0.2, 0) is 14.3 Å². The lowest BCUT2D eigenvalue weighted by atomic mass is 10.0. The second-order valence-corrected chi connectivity index (χ2v) is 7.43. The number of benzene rings is 2. The molecule has 0 spiro atoms. The van der Waals surface area contributed by atoms with Crippen molar-refractivity contribution in [2.24, 2.45) is 0 Å². The lowest BCUT2D eigenvalue weighted by Crippen LogP contribution is -2.30. The summed E-state index contributed by atoms with van der Waals surface area (Å²) in [7, 11) is 2.97. The van der Waals surface area contributed by atoms with Gasteiger partial charge in [0.15, 0.2) is 0 Å². The van der Waals surface area contributed by atoms with E-state index in [1.165, 1.54) is 14.2 Å². The molecule has 2 amide bonds. The minimum atomic E-state index is -0.584. The number of anilines is 1. The predicted molar refractivity (Wildman–Crippen MR) is 121 cm³/mol. The Bertz CT molecular complexity index is 941. The molecule has 0 radical (unpaired) electrons. The normalized spacial score (nSPS) is 10.3. The molecule has 0 saturated carbocycles. The third kappa shape index (κ3) is 7.30. The van der Waals surface area contributed by atoms with Gasteiger partial charge in [-0.2, -0.15) is 0 Å². The van der Waals surface area contributed by atoms with Gasteiger partial charge < -0.3 is 24.8 Å². The van der Waals surface area contributed by atoms with Crippen LogP contribution >= 0.6 is 0 Å². The largest absolute Gasteiger partial charge is 0.497 e. The van der Waals surface area contributed by atoms with Crippen molar-refractivity contribution in [2.75, 3.05) is 32.7 Å². The number of carbonyl (C=O) groups is 3. The van der Waals surface area contributed by atoms with Gasteiger partial charge in [-0.1, -0.05) is 17.7 Å². The molecule has 172 valence electrons. The Morgan fingerprint density at radius 2 is 1.47 bits per heavy atom. The fourth-order valence-electron chi connectivity index (χ4n) is 3.24. The highest BCUT2D eigenvalue weighted by Gasteiger charge is 2.13. The molecule has 2 aromatic carbocycles. The summed E-state index contributed by atoms with van der Waals surface area (Å²) in [5.41, 5.74) is 4.27. The van der Waals surface area contributed by atoms with Crippen LogP contribution in [0.15, 0.2) is 30.3 Å². The van der Waals surface area contributed by atoms with Crippen LogP contribution in [0.4, 0.5) is 5.69 Å². The van der Waals surface area contributed by atoms with Gasteiger partial charge in [0.25, 0.3) is 5.91 Å². The second-order valence-electron chi connectivity index (χ2n) is 7.43. The molecule has 0 saturated heterocycles. The molecule has 2 rings (SSSR count). The second kappa shape index (κ2) is 11.7. The molecule has 8 nitrogen and oxygen atoms in total. The molecule has 0 unspecified atom stereocenters. The SMILES string of the molecule is COc1cc(OC)cc(C(=O)NCC(=O)OCCCC(=O)Nc2c(C)cc(C)cc2C)c1. The topological polar surface area (TPSA) is 103 Å². The first-order valence-electron chi connectivity index (χ1n) is 10.3. The molecule has 2 aromatic rings. The smallest absolute Gasteiger partial charge is 0.325 e. The number of esters is 1. The van der Waals surface area contributed by atoms with Crippen LogP contribution < -0.4 is 20.1 Å². The summed E-state index contributed by atoms with van der Waals surface area (Å²) in [4.78, 5) is 36.4. The molecule has 0 aromatic heterocycles. The molecule has 2 N–H and O–H groups in total. The van der Waals surface area contributed by atoms with E-state index in [1.54, 1.807) is 18.2 Å². The highest BCUT2D eigenvalue weighted by atomic mass is 16.5. The van der Waals surface area contributed by atoms with Crippen LogP contribution in [0.5, 0.6) is 11.5 Å². The molecule has 0 atom stereocenters. The van der Waals surface area contributed by atoms with Crippen LogP contribution in [0.25, 0.3) is 0 Å². The summed E-state index contributed by atoms with van der Waals surface area (Å²) in [5, 5.41) is 5.41. The maximum Gasteiger partial charge on any atom is 0.325 e. The molecule has 32 heavy (non-hydrogen) atoms. The van der Waals surface area contributed by atoms with Crippen LogP contribution in [0.1, 0.15) is 39.9 Å². The van der Waals surface area contributed by atoms with Crippen LogP contribution in [0, 0.1) is 20.8 Å². The molecular formula is C24H30N2O6. The van der Waals surface area contributed by atoms with Crippen molar-refractivity contribution in [3.05, 3.63) is 52.6 Å². The van der Waals surface area contributed by atoms with Crippen molar-refractivity contribution < 1.29 is 28.6 Å². The van der Waals surface area contributed by atoms with Crippen LogP contribution in [0.3, 0.4) is 0 Å². The van der Waals surface area contributed by atoms with Gasteiger partial charge in [0.05, 0.1) is 20.8 Å². The average molecular weight is 443 g/mol. The van der Waals surface area contributed by atoms with Crippen molar-refractivity contribution in [1.82, 2.24) is 5.32 Å². The van der Waals surface area contributed by atoms with Gasteiger partial charge in [-0.3, -0.25) is 14.4 Å². The first-order chi connectivity index (χ1) is 15.2. The molecule has 0 aliphatic rings. The van der Waals surface area contributed by atoms with Crippen molar-refractivity contribution in [3.8, 4) is 11.5 Å². The maximum atomic E-state index is 12.3. The fourth-order valence-corrected chi connectivity index (χ4v) is 3.24. The zero-order chi connectivity index (χ0) is 23.7. The average Bonchev–Trinajstić information content (AvgIpc) is 2.76. The highest BCUT2D eigenvalue weighted by Crippen LogP contribution is 2.23. The Morgan fingerprint density at radius 1 is 0.875 bits per heavy atom. The molecule has 0 fully saturated rings. The maximum absolute atomic E-state index is 12.3. The van der Waals surface area contributed by atoms with Crippen molar-refractivity contribution >= 4 is 23.5 Å². The Hall–Kier alpha value is -3.55. The number of methoxy groups -OCH3 is 2. The summed E-state index contributed by atoms with van der Waals surface area (Å²) in [6.07, 6.45) is 0.596. The van der Waals surface area contributed by atoms with Gasteiger partial charge in [0, 0.05) is 23.7 Å². The van der Waals surface area contributed by atoms with Crippen LogP contribution in [-0.4, -0.2) is 45.2 Å². The third-order valence-corrected chi connectivity index (χ3v) is 4.76. The minimum absolute atomic E-state index is 0.0843. The van der Waals surface area contributed by atoms with Gasteiger partial charge >= 0.3 is 5.97 Å². The number of carbonyl (C=O) groups excluding carboxylic acids is 3. The zero-order valence-corrected chi connectivity index (χ0v) is 19.2. The number of aryl methyl sites for hydroxylation is 3. The quantitative estimate of drug-likeness (QED) is 0.432. The van der Waals surface area contributed by atoms with E-state index in [4.69, 9.17) is 14.2 Å². The third-order valence-electron chi connectivity index (χ3n) is 4.76. The lowest BCUT2D eigenvalue weighted by molar-refractivity contribution is -0.142. The predicted octanol–water partition coefficient (Wildman–Crippen LogP) is 3.32. The number of hydrogen-bond donors (Lipinski definition) is 2. The molecular weight excluding hydrogens is 412 g/mol. The Labute approximate surface area is 188 Å². The van der Waals surface area contributed by atoms with Gasteiger partial charge in [-0.15, -0.1) is 0 Å². The summed E-state index contributed by atoms with van der Waals surface area (Å²) in [5.74, 6) is -0.254. The molecule has 0 heterocycles. The summed E-state index contributed by atoms with van der Waals surface area (Å²) in [6.45, 7) is 5.71. The molecule has 0 aliphatic carbocycles. The van der Waals surface area contributed by atoms with Crippen molar-refractivity contribution in [2.45, 2.75) is 33.6 Å². The number of ether oxygens (including phenoxy) is 3. The van der Waals surface area contributed by atoms with Crippen molar-refractivity contribution in [1.29, 1.82) is 0 Å². The lowest BCUT2D eigenvalue weighted by Gasteiger charge is -2.13. The van der Waals surface area contributed by atoms with E-state index >= 15 is 0 Å². The summed E-state index contributed by atoms with van der Waals surface area (Å²) >= 11 is 0. The number of nitrogens with one attached hydrogen (secondary N) is 2. The first-order valence-corrected chi connectivity index (χ1v) is 10.3. The van der Waals surface area contributed by atoms with E-state index < -0.39 is 11.9 Å². The Kier molecular flexibility index (Phi) is 9.07. The van der Waals surface area contributed by atoms with Crippen LogP contribution in [0.2, 0.25) is 0 Å². The van der Waals surface area contributed by atoms with Gasteiger partial charge in [0.2, 0.25) is 5.91 Å². The Balaban J connectivity index is 1.73. The van der Waals surface area contributed by atoms with Gasteiger partial charge in [0.1, 0.15) is 18.0 Å². The fraction of sp³-hybridized carbons (Fsp3) is 0.375. The molecule has 0 bridgehead atoms. The first kappa shape index (κ1) is 24.7. The number of rotatable bonds is 10. The standard InChI is InChI=1S/C24H30N2O6/c1-15-9-16(2)23(17(3)10-15)26-21(27)7-6-8-32-22(28)14-25-24(29)18-11-19(30-4)13-20(12-18)31-5/h9-13H,6-8,14H2,1-5H3,(H,25,29)(H,26,27). The Morgan fingerprint density at radius 3 is 2.03 bits per heavy atom. The van der Waals surface area contributed by atoms with Crippen molar-refractivity contribution in [3.63, 3.8) is 0 Å². The monoisotopic (exact) mass is 442 g/mol. The van der Waals surface area contributed by atoms with E-state index in [1.807, 2.05) is 32.9 Å². The zero-order valence-electron chi connectivity index (χ0n) is 19.2. The van der Waals surface area contributed by atoms with E-state index in [9.17, 15) is 14.4 Å². The van der Waals surface area contributed by atoms with E-state index in [2.05, 4.69) is 10.6 Å². The summed E-state index contributed by atoms with van der Waals surface area (Å²) in [6, 6.07) is 8.75. The minimum Gasteiger partial charge on any atom is -0.497 e. The van der Waals surface area contributed by atoms with Gasteiger partial charge in [-0.25, -0.2) is 0 Å². The van der Waals surface area contributed by atoms with Gasteiger partial charge in [-0.05, 0) is 50.5 Å². The van der Waals surface area contributed by atoms with E-state index in [-0.39, 0.29) is 25.5 Å². The highest BCUT2D eigenvalue weighted by molar-refractivity contribution is 5.96. The summed E-state index contributed by atoms with van der Waals surface area (Å²) < 4.78 is 15.4. The number of amides is 2. The number of hydrogen-bond acceptors (Lipinski definition) is 6.